The topological polar surface area (TPSA) is 61.0 Å². The number of carbonyl (C=O) groups excluding carboxylic acids is 1. The van der Waals surface area contributed by atoms with Crippen molar-refractivity contribution in [1.29, 1.82) is 0 Å². The van der Waals surface area contributed by atoms with Gasteiger partial charge in [0.1, 0.15) is 5.69 Å². The Morgan fingerprint density at radius 2 is 1.61 bits per heavy atom. The third kappa shape index (κ3) is 5.61. The van der Waals surface area contributed by atoms with Crippen LogP contribution >= 0.6 is 11.6 Å². The molecule has 0 saturated carbocycles. The number of nitrogens with zero attached hydrogens (tertiary/aromatic N) is 2. The summed E-state index contributed by atoms with van der Waals surface area (Å²) in [6.45, 7) is 1.20. The lowest BCUT2D eigenvalue weighted by molar-refractivity contribution is -0.137. The van der Waals surface area contributed by atoms with Crippen LogP contribution in [0.5, 0.6) is 0 Å². The van der Waals surface area contributed by atoms with Crippen molar-refractivity contribution < 1.29 is 18.0 Å². The largest absolute Gasteiger partial charge is 0.417 e. The summed E-state index contributed by atoms with van der Waals surface area (Å²) in [6.07, 6.45) is -4.56. The zero-order valence-electron chi connectivity index (χ0n) is 19.7. The minimum atomic E-state index is -4.56. The minimum Gasteiger partial charge on any atom is -0.351 e. The number of halogens is 4. The fourth-order valence-corrected chi connectivity index (χ4v) is 3.99. The molecule has 36 heavy (non-hydrogen) atoms. The van der Waals surface area contributed by atoms with Crippen molar-refractivity contribution in [2.24, 2.45) is 0 Å². The summed E-state index contributed by atoms with van der Waals surface area (Å²) in [6, 6.07) is 18.8. The predicted molar refractivity (Wildman–Crippen MR) is 136 cm³/mol. The van der Waals surface area contributed by atoms with E-state index < -0.39 is 11.7 Å². The van der Waals surface area contributed by atoms with E-state index in [0.717, 1.165) is 6.07 Å². The van der Waals surface area contributed by atoms with Crippen molar-refractivity contribution in [2.75, 3.05) is 27.2 Å². The summed E-state index contributed by atoms with van der Waals surface area (Å²) in [4.78, 5) is 14.4. The number of alkyl halides is 3. The standard InChI is InChI=1S/C27H24ClF3N4O/c1-35(2)16-15-32-26(36)19-9-7-17(8-10-19)24-23(21-5-3-4-6-22(21)27(29,30)31)25(34-33-24)18-11-13-20(28)14-12-18/h3-14H,15-16H2,1-2H3,(H,32,36)(H,33,34). The van der Waals surface area contributed by atoms with Crippen LogP contribution in [0.1, 0.15) is 15.9 Å². The summed E-state index contributed by atoms with van der Waals surface area (Å²) in [5.74, 6) is -0.227. The number of hydrogen-bond donors (Lipinski definition) is 2. The maximum atomic E-state index is 14.0. The van der Waals surface area contributed by atoms with Crippen LogP contribution in [-0.2, 0) is 6.18 Å². The van der Waals surface area contributed by atoms with Crippen molar-refractivity contribution >= 4 is 17.5 Å². The molecular formula is C27H24ClF3N4O. The number of hydrogen-bond acceptors (Lipinski definition) is 3. The van der Waals surface area contributed by atoms with E-state index in [9.17, 15) is 18.0 Å². The Labute approximate surface area is 211 Å². The Kier molecular flexibility index (Phi) is 7.47. The summed E-state index contributed by atoms with van der Waals surface area (Å²) in [7, 11) is 3.83. The monoisotopic (exact) mass is 512 g/mol. The molecular weight excluding hydrogens is 489 g/mol. The third-order valence-electron chi connectivity index (χ3n) is 5.67. The van der Waals surface area contributed by atoms with Gasteiger partial charge >= 0.3 is 6.18 Å². The number of aromatic nitrogens is 2. The highest BCUT2D eigenvalue weighted by Gasteiger charge is 2.35. The van der Waals surface area contributed by atoms with Crippen molar-refractivity contribution in [3.05, 3.63) is 88.9 Å². The molecule has 4 rings (SSSR count). The Balaban J connectivity index is 1.79. The van der Waals surface area contributed by atoms with E-state index in [4.69, 9.17) is 11.6 Å². The van der Waals surface area contributed by atoms with E-state index in [2.05, 4.69) is 15.5 Å². The molecule has 0 aliphatic carbocycles. The SMILES string of the molecule is CN(C)CCNC(=O)c1ccc(-c2n[nH]c(-c3ccc(Cl)cc3)c2-c2ccccc2C(F)(F)F)cc1. The van der Waals surface area contributed by atoms with E-state index in [1.807, 2.05) is 19.0 Å². The first kappa shape index (κ1) is 25.5. The number of H-pyrrole nitrogens is 1. The lowest BCUT2D eigenvalue weighted by Gasteiger charge is -2.15. The number of likely N-dealkylation sites (N-methyl/N-ethyl adjacent to an activating group) is 1. The van der Waals surface area contributed by atoms with Gasteiger partial charge in [-0.1, -0.05) is 54.1 Å². The fourth-order valence-electron chi connectivity index (χ4n) is 3.86. The fraction of sp³-hybridized carbons (Fsp3) is 0.185. The Morgan fingerprint density at radius 1 is 0.972 bits per heavy atom. The summed E-state index contributed by atoms with van der Waals surface area (Å²) in [5.41, 5.74) is 1.99. The second-order valence-corrected chi connectivity index (χ2v) is 8.95. The highest BCUT2D eigenvalue weighted by molar-refractivity contribution is 6.30. The molecule has 0 atom stereocenters. The van der Waals surface area contributed by atoms with Crippen molar-refractivity contribution in [3.8, 4) is 33.6 Å². The molecule has 0 spiro atoms. The number of rotatable bonds is 7. The van der Waals surface area contributed by atoms with Crippen LogP contribution in [0.25, 0.3) is 33.6 Å². The van der Waals surface area contributed by atoms with Gasteiger partial charge in [0.2, 0.25) is 0 Å². The Morgan fingerprint density at radius 3 is 2.25 bits per heavy atom. The quantitative estimate of drug-likeness (QED) is 0.302. The number of nitrogens with one attached hydrogen (secondary N) is 2. The van der Waals surface area contributed by atoms with Gasteiger partial charge in [0.25, 0.3) is 5.91 Å². The molecule has 0 fully saturated rings. The first-order valence-electron chi connectivity index (χ1n) is 11.2. The molecule has 0 bridgehead atoms. The van der Waals surface area contributed by atoms with Crippen LogP contribution in [0.15, 0.2) is 72.8 Å². The number of carbonyl (C=O) groups is 1. The summed E-state index contributed by atoms with van der Waals surface area (Å²) in [5, 5.41) is 10.7. The maximum Gasteiger partial charge on any atom is 0.417 e. The number of amides is 1. The van der Waals surface area contributed by atoms with Gasteiger partial charge in [0, 0.05) is 40.4 Å². The summed E-state index contributed by atoms with van der Waals surface area (Å²) < 4.78 is 41.9. The van der Waals surface area contributed by atoms with E-state index in [-0.39, 0.29) is 11.5 Å². The van der Waals surface area contributed by atoms with Crippen molar-refractivity contribution in [3.63, 3.8) is 0 Å². The van der Waals surface area contributed by atoms with Crippen molar-refractivity contribution in [1.82, 2.24) is 20.4 Å². The molecule has 4 aromatic rings. The van der Waals surface area contributed by atoms with Gasteiger partial charge in [0.15, 0.2) is 0 Å². The predicted octanol–water partition coefficient (Wildman–Crippen LogP) is 6.37. The molecule has 186 valence electrons. The normalized spacial score (nSPS) is 11.6. The van der Waals surface area contributed by atoms with E-state index in [1.165, 1.54) is 12.1 Å². The molecule has 5 nitrogen and oxygen atoms in total. The second kappa shape index (κ2) is 10.6. The third-order valence-corrected chi connectivity index (χ3v) is 5.92. The highest BCUT2D eigenvalue weighted by atomic mass is 35.5. The molecule has 0 radical (unpaired) electrons. The van der Waals surface area contributed by atoms with Crippen LogP contribution < -0.4 is 5.32 Å². The van der Waals surface area contributed by atoms with E-state index >= 15 is 0 Å². The Hall–Kier alpha value is -3.62. The first-order chi connectivity index (χ1) is 17.1. The minimum absolute atomic E-state index is 0.00389. The van der Waals surface area contributed by atoms with Crippen LogP contribution in [-0.4, -0.2) is 48.2 Å². The number of aromatic amines is 1. The Bertz CT molecular complexity index is 1350. The van der Waals surface area contributed by atoms with Gasteiger partial charge in [0.05, 0.1) is 11.3 Å². The molecule has 0 aliphatic heterocycles. The van der Waals surface area contributed by atoms with Gasteiger partial charge in [-0.25, -0.2) is 0 Å². The second-order valence-electron chi connectivity index (χ2n) is 8.51. The average molecular weight is 513 g/mol. The molecule has 2 N–H and O–H groups in total. The molecule has 3 aromatic carbocycles. The molecule has 0 unspecified atom stereocenters. The molecule has 1 aromatic heterocycles. The summed E-state index contributed by atoms with van der Waals surface area (Å²) >= 11 is 6.02. The van der Waals surface area contributed by atoms with E-state index in [0.29, 0.717) is 51.8 Å². The molecule has 1 amide bonds. The van der Waals surface area contributed by atoms with Gasteiger partial charge in [-0.05, 0) is 50.0 Å². The van der Waals surface area contributed by atoms with Crippen molar-refractivity contribution in [2.45, 2.75) is 6.18 Å². The van der Waals surface area contributed by atoms with Gasteiger partial charge < -0.3 is 10.2 Å². The van der Waals surface area contributed by atoms with Crippen LogP contribution in [0.3, 0.4) is 0 Å². The van der Waals surface area contributed by atoms with Gasteiger partial charge in [-0.2, -0.15) is 18.3 Å². The molecule has 0 aliphatic rings. The van der Waals surface area contributed by atoms with Crippen LogP contribution in [0, 0.1) is 0 Å². The van der Waals surface area contributed by atoms with Crippen LogP contribution in [0.4, 0.5) is 13.2 Å². The van der Waals surface area contributed by atoms with Gasteiger partial charge in [-0.3, -0.25) is 9.89 Å². The lowest BCUT2D eigenvalue weighted by atomic mass is 9.92. The zero-order valence-corrected chi connectivity index (χ0v) is 20.4. The molecule has 0 saturated heterocycles. The van der Waals surface area contributed by atoms with Crippen LogP contribution in [0.2, 0.25) is 5.02 Å². The smallest absolute Gasteiger partial charge is 0.351 e. The lowest BCUT2D eigenvalue weighted by Crippen LogP contribution is -2.31. The molecule has 1 heterocycles. The first-order valence-corrected chi connectivity index (χ1v) is 11.6. The zero-order chi connectivity index (χ0) is 25.9. The van der Waals surface area contributed by atoms with Gasteiger partial charge in [-0.15, -0.1) is 0 Å². The maximum absolute atomic E-state index is 14.0. The number of benzene rings is 3. The average Bonchev–Trinajstić information content (AvgIpc) is 3.29. The molecule has 9 heteroatoms. The van der Waals surface area contributed by atoms with E-state index in [1.54, 1.807) is 54.6 Å². The highest BCUT2D eigenvalue weighted by Crippen LogP contribution is 2.44.